The van der Waals surface area contributed by atoms with Crippen LogP contribution in [0.1, 0.15) is 6.92 Å². The van der Waals surface area contributed by atoms with Crippen LogP contribution < -0.4 is 10.6 Å². The van der Waals surface area contributed by atoms with Crippen LogP contribution in [-0.2, 0) is 6.54 Å². The van der Waals surface area contributed by atoms with E-state index in [4.69, 9.17) is 12.2 Å². The van der Waals surface area contributed by atoms with Crippen LogP contribution in [-0.4, -0.2) is 14.9 Å². The molecule has 18 heavy (non-hydrogen) atoms. The maximum atomic E-state index is 12.7. The summed E-state index contributed by atoms with van der Waals surface area (Å²) in [5.41, 5.74) is 0.726. The van der Waals surface area contributed by atoms with E-state index in [0.717, 1.165) is 12.2 Å². The SMILES string of the molecule is CCn1ccc(NC(=S)Nc2ccc(F)cc2)n1. The number of nitrogens with zero attached hydrogens (tertiary/aromatic N) is 2. The Hall–Kier alpha value is -1.95. The van der Waals surface area contributed by atoms with Crippen molar-refractivity contribution in [1.82, 2.24) is 9.78 Å². The van der Waals surface area contributed by atoms with Gasteiger partial charge in [-0.3, -0.25) is 4.68 Å². The minimum Gasteiger partial charge on any atom is -0.332 e. The maximum absolute atomic E-state index is 12.7. The number of aryl methyl sites for hydroxylation is 1. The van der Waals surface area contributed by atoms with Crippen LogP contribution in [0.3, 0.4) is 0 Å². The lowest BCUT2D eigenvalue weighted by Gasteiger charge is -2.08. The van der Waals surface area contributed by atoms with Crippen molar-refractivity contribution >= 4 is 28.8 Å². The van der Waals surface area contributed by atoms with Gasteiger partial charge in [-0.15, -0.1) is 0 Å². The fourth-order valence-electron chi connectivity index (χ4n) is 1.42. The molecule has 1 heterocycles. The Labute approximate surface area is 110 Å². The van der Waals surface area contributed by atoms with Crippen LogP contribution in [0.5, 0.6) is 0 Å². The van der Waals surface area contributed by atoms with Crippen molar-refractivity contribution in [2.45, 2.75) is 13.5 Å². The van der Waals surface area contributed by atoms with Gasteiger partial charge in [-0.1, -0.05) is 0 Å². The lowest BCUT2D eigenvalue weighted by atomic mass is 10.3. The van der Waals surface area contributed by atoms with Crippen LogP contribution in [0, 0.1) is 5.82 Å². The molecule has 0 unspecified atom stereocenters. The molecule has 2 rings (SSSR count). The van der Waals surface area contributed by atoms with Gasteiger partial charge in [-0.05, 0) is 43.4 Å². The fourth-order valence-corrected chi connectivity index (χ4v) is 1.64. The second kappa shape index (κ2) is 5.59. The Morgan fingerprint density at radius 1 is 1.28 bits per heavy atom. The van der Waals surface area contributed by atoms with Crippen molar-refractivity contribution in [2.24, 2.45) is 0 Å². The smallest absolute Gasteiger partial charge is 0.176 e. The number of thiocarbonyl (C=S) groups is 1. The largest absolute Gasteiger partial charge is 0.332 e. The van der Waals surface area contributed by atoms with Crippen molar-refractivity contribution < 1.29 is 4.39 Å². The van der Waals surface area contributed by atoms with E-state index in [2.05, 4.69) is 15.7 Å². The number of nitrogens with one attached hydrogen (secondary N) is 2. The highest BCUT2D eigenvalue weighted by atomic mass is 32.1. The molecule has 0 saturated heterocycles. The number of aromatic nitrogens is 2. The van der Waals surface area contributed by atoms with Gasteiger partial charge in [0.15, 0.2) is 10.9 Å². The van der Waals surface area contributed by atoms with Crippen molar-refractivity contribution in [1.29, 1.82) is 0 Å². The van der Waals surface area contributed by atoms with Gasteiger partial charge >= 0.3 is 0 Å². The zero-order chi connectivity index (χ0) is 13.0. The molecule has 2 aromatic rings. The van der Waals surface area contributed by atoms with E-state index >= 15 is 0 Å². The third-order valence-electron chi connectivity index (χ3n) is 2.31. The molecule has 4 nitrogen and oxygen atoms in total. The Balaban J connectivity index is 1.94. The summed E-state index contributed by atoms with van der Waals surface area (Å²) in [5, 5.41) is 10.6. The molecule has 0 bridgehead atoms. The summed E-state index contributed by atoms with van der Waals surface area (Å²) in [7, 11) is 0. The van der Waals surface area contributed by atoms with E-state index < -0.39 is 0 Å². The predicted octanol–water partition coefficient (Wildman–Crippen LogP) is 2.85. The molecular weight excluding hydrogens is 251 g/mol. The fraction of sp³-hybridized carbons (Fsp3) is 0.167. The third-order valence-corrected chi connectivity index (χ3v) is 2.51. The zero-order valence-electron chi connectivity index (χ0n) is 9.85. The van der Waals surface area contributed by atoms with Gasteiger partial charge in [0.1, 0.15) is 5.82 Å². The zero-order valence-corrected chi connectivity index (χ0v) is 10.7. The molecule has 0 aliphatic carbocycles. The van der Waals surface area contributed by atoms with E-state index in [1.165, 1.54) is 12.1 Å². The lowest BCUT2D eigenvalue weighted by molar-refractivity contribution is 0.628. The Kier molecular flexibility index (Phi) is 3.88. The van der Waals surface area contributed by atoms with Gasteiger partial charge in [0, 0.05) is 24.5 Å². The highest BCUT2D eigenvalue weighted by Gasteiger charge is 2.01. The number of hydrogen-bond acceptors (Lipinski definition) is 2. The van der Waals surface area contributed by atoms with Crippen molar-refractivity contribution in [3.8, 4) is 0 Å². The summed E-state index contributed by atoms with van der Waals surface area (Å²) in [5.74, 6) is 0.401. The average molecular weight is 264 g/mol. The molecule has 0 aliphatic rings. The topological polar surface area (TPSA) is 41.9 Å². The molecule has 0 radical (unpaired) electrons. The summed E-state index contributed by atoms with van der Waals surface area (Å²) in [6.45, 7) is 2.81. The molecule has 0 atom stereocenters. The van der Waals surface area contributed by atoms with Gasteiger partial charge in [0.2, 0.25) is 0 Å². The predicted molar refractivity (Wildman–Crippen MR) is 74.1 cm³/mol. The number of benzene rings is 1. The summed E-state index contributed by atoms with van der Waals surface area (Å²) >= 11 is 5.13. The molecule has 0 spiro atoms. The first-order valence-electron chi connectivity index (χ1n) is 5.54. The van der Waals surface area contributed by atoms with Crippen LogP contribution >= 0.6 is 12.2 Å². The third kappa shape index (κ3) is 3.27. The van der Waals surface area contributed by atoms with E-state index in [1.54, 1.807) is 16.8 Å². The Morgan fingerprint density at radius 2 is 2.00 bits per heavy atom. The molecule has 1 aromatic heterocycles. The highest BCUT2D eigenvalue weighted by molar-refractivity contribution is 7.80. The molecule has 0 aliphatic heterocycles. The molecule has 94 valence electrons. The van der Waals surface area contributed by atoms with Crippen molar-refractivity contribution in [2.75, 3.05) is 10.6 Å². The highest BCUT2D eigenvalue weighted by Crippen LogP contribution is 2.09. The number of hydrogen-bond donors (Lipinski definition) is 2. The monoisotopic (exact) mass is 264 g/mol. The molecule has 0 fully saturated rings. The first-order chi connectivity index (χ1) is 8.67. The summed E-state index contributed by atoms with van der Waals surface area (Å²) in [6.07, 6.45) is 1.86. The summed E-state index contributed by atoms with van der Waals surface area (Å²) in [6, 6.07) is 7.82. The summed E-state index contributed by atoms with van der Waals surface area (Å²) in [4.78, 5) is 0. The molecule has 2 N–H and O–H groups in total. The Bertz CT molecular complexity index is 535. The minimum atomic E-state index is -0.277. The lowest BCUT2D eigenvalue weighted by Crippen LogP contribution is -2.19. The van der Waals surface area contributed by atoms with Crippen LogP contribution in [0.25, 0.3) is 0 Å². The Morgan fingerprint density at radius 3 is 2.61 bits per heavy atom. The molecule has 1 aromatic carbocycles. The van der Waals surface area contributed by atoms with Crippen molar-refractivity contribution in [3.05, 3.63) is 42.3 Å². The van der Waals surface area contributed by atoms with Crippen LogP contribution in [0.2, 0.25) is 0 Å². The first-order valence-corrected chi connectivity index (χ1v) is 5.95. The van der Waals surface area contributed by atoms with Gasteiger partial charge < -0.3 is 10.6 Å². The van der Waals surface area contributed by atoms with Crippen LogP contribution in [0.4, 0.5) is 15.9 Å². The number of rotatable bonds is 3. The standard InChI is InChI=1S/C12H13FN4S/c1-2-17-8-7-11(16-17)15-12(18)14-10-5-3-9(13)4-6-10/h3-8H,2H2,1H3,(H2,14,15,16,18). The maximum Gasteiger partial charge on any atom is 0.176 e. The quantitative estimate of drug-likeness (QED) is 0.837. The summed E-state index contributed by atoms with van der Waals surface area (Å²) < 4.78 is 14.5. The number of halogens is 1. The molecule has 6 heteroatoms. The normalized spacial score (nSPS) is 10.1. The second-order valence-corrected chi connectivity index (χ2v) is 4.05. The van der Waals surface area contributed by atoms with Gasteiger partial charge in [0.05, 0.1) is 0 Å². The second-order valence-electron chi connectivity index (χ2n) is 3.64. The van der Waals surface area contributed by atoms with Crippen LogP contribution in [0.15, 0.2) is 36.5 Å². The minimum absolute atomic E-state index is 0.277. The molecular formula is C12H13FN4S. The van der Waals surface area contributed by atoms with E-state index in [0.29, 0.717) is 10.9 Å². The average Bonchev–Trinajstić information content (AvgIpc) is 2.79. The van der Waals surface area contributed by atoms with Gasteiger partial charge in [0.25, 0.3) is 0 Å². The van der Waals surface area contributed by atoms with Gasteiger partial charge in [-0.25, -0.2) is 4.39 Å². The first kappa shape index (κ1) is 12.5. The molecule has 0 amide bonds. The van der Waals surface area contributed by atoms with E-state index in [1.807, 2.05) is 19.2 Å². The number of anilines is 2. The van der Waals surface area contributed by atoms with Gasteiger partial charge in [-0.2, -0.15) is 5.10 Å². The van der Waals surface area contributed by atoms with E-state index in [-0.39, 0.29) is 5.82 Å². The molecule has 0 saturated carbocycles. The van der Waals surface area contributed by atoms with Crippen molar-refractivity contribution in [3.63, 3.8) is 0 Å². The van der Waals surface area contributed by atoms with E-state index in [9.17, 15) is 4.39 Å².